The van der Waals surface area contributed by atoms with Gasteiger partial charge in [-0.25, -0.2) is 9.97 Å². The molecule has 14 heteroatoms. The highest BCUT2D eigenvalue weighted by Crippen LogP contribution is 2.34. The number of imide groups is 2. The van der Waals surface area contributed by atoms with Crippen molar-refractivity contribution in [3.05, 3.63) is 84.1 Å². The monoisotopic (exact) mass is 783 g/mol. The number of amides is 5. The Morgan fingerprint density at radius 2 is 1.55 bits per heavy atom. The van der Waals surface area contributed by atoms with E-state index < -0.39 is 23.8 Å². The molecule has 1 aromatic heterocycles. The van der Waals surface area contributed by atoms with Crippen LogP contribution < -0.4 is 25.3 Å². The molecule has 58 heavy (non-hydrogen) atoms. The lowest BCUT2D eigenvalue weighted by atomic mass is 9.89. The molecule has 1 aliphatic carbocycles. The topological polar surface area (TPSA) is 151 Å². The molecule has 2 N–H and O–H groups in total. The summed E-state index contributed by atoms with van der Waals surface area (Å²) in [6.45, 7) is 8.17. The number of aromatic nitrogens is 2. The molecule has 14 nitrogen and oxygen atoms in total. The number of fused-ring (bicyclic) bond motifs is 2. The zero-order valence-corrected chi connectivity index (χ0v) is 32.8. The number of carbonyl (C=O) groups excluding carboxylic acids is 5. The summed E-state index contributed by atoms with van der Waals surface area (Å²) in [5.41, 5.74) is 4.57. The number of hydrogen-bond donors (Lipinski definition) is 2. The standard InChI is InChI=1S/C44H49N9O5/c1-28(54)52(33-8-6-31(7-9-33)46-44-45-25-30-4-2-3-5-38(30)47-44)34-12-10-32(11-13-34)50-22-20-49(21-23-50)26-29-18-19-51(27-29)35-14-15-36-37(24-35)43(58)53(42(36)57)39-16-17-40(55)48-41(39)56/h2-5,10-15,24-25,29,31,33,39H,6-9,16-23,26-27H2,1H3,(H,45,46,47)(H,48,55,56). The van der Waals surface area contributed by atoms with Gasteiger partial charge in [-0.15, -0.1) is 0 Å². The molecular weight excluding hydrogens is 735 g/mol. The Balaban J connectivity index is 0.746. The number of para-hydroxylation sites is 1. The first kappa shape index (κ1) is 37.7. The lowest BCUT2D eigenvalue weighted by Crippen LogP contribution is -2.54. The van der Waals surface area contributed by atoms with E-state index in [0.29, 0.717) is 23.0 Å². The summed E-state index contributed by atoms with van der Waals surface area (Å²) in [7, 11) is 0. The Bertz CT molecular complexity index is 2250. The van der Waals surface area contributed by atoms with Crippen LogP contribution >= 0.6 is 0 Å². The van der Waals surface area contributed by atoms with E-state index in [-0.39, 0.29) is 36.7 Å². The first-order valence-electron chi connectivity index (χ1n) is 20.6. The van der Waals surface area contributed by atoms with Gasteiger partial charge in [0.05, 0.1) is 16.6 Å². The average Bonchev–Trinajstić information content (AvgIpc) is 3.80. The number of carbonyl (C=O) groups is 5. The number of benzene rings is 3. The number of hydrogen-bond acceptors (Lipinski definition) is 11. The summed E-state index contributed by atoms with van der Waals surface area (Å²) in [5, 5.41) is 6.80. The van der Waals surface area contributed by atoms with Gasteiger partial charge >= 0.3 is 0 Å². The highest BCUT2D eigenvalue weighted by atomic mass is 16.2. The molecule has 3 saturated heterocycles. The third kappa shape index (κ3) is 7.48. The molecule has 4 aliphatic heterocycles. The van der Waals surface area contributed by atoms with Crippen LogP contribution in [0.15, 0.2) is 72.9 Å². The predicted molar refractivity (Wildman–Crippen MR) is 221 cm³/mol. The van der Waals surface area contributed by atoms with Crippen LogP contribution in [0.2, 0.25) is 0 Å². The maximum atomic E-state index is 13.4. The maximum Gasteiger partial charge on any atom is 0.262 e. The third-order valence-corrected chi connectivity index (χ3v) is 12.7. The first-order valence-corrected chi connectivity index (χ1v) is 20.6. The van der Waals surface area contributed by atoms with Crippen molar-refractivity contribution in [3.63, 3.8) is 0 Å². The summed E-state index contributed by atoms with van der Waals surface area (Å²) in [5.74, 6) is -0.746. The van der Waals surface area contributed by atoms with Crippen molar-refractivity contribution in [2.75, 3.05) is 65.8 Å². The average molecular weight is 784 g/mol. The van der Waals surface area contributed by atoms with E-state index >= 15 is 0 Å². The zero-order chi connectivity index (χ0) is 39.9. The Kier molecular flexibility index (Phi) is 10.3. The molecule has 1 saturated carbocycles. The van der Waals surface area contributed by atoms with E-state index in [9.17, 15) is 24.0 Å². The number of piperidine rings is 1. The molecule has 5 aliphatic rings. The van der Waals surface area contributed by atoms with Gasteiger partial charge in [-0.1, -0.05) is 18.2 Å². The molecule has 4 aromatic rings. The summed E-state index contributed by atoms with van der Waals surface area (Å²) in [6, 6.07) is 21.3. The highest BCUT2D eigenvalue weighted by molar-refractivity contribution is 6.23. The molecule has 5 amide bonds. The van der Waals surface area contributed by atoms with Crippen molar-refractivity contribution in [1.29, 1.82) is 0 Å². The minimum Gasteiger partial charge on any atom is -0.371 e. The second-order valence-corrected chi connectivity index (χ2v) is 16.4. The molecule has 5 heterocycles. The van der Waals surface area contributed by atoms with E-state index in [1.54, 1.807) is 19.1 Å². The van der Waals surface area contributed by atoms with Gasteiger partial charge in [0.15, 0.2) is 0 Å². The molecule has 0 radical (unpaired) electrons. The van der Waals surface area contributed by atoms with Crippen molar-refractivity contribution < 1.29 is 24.0 Å². The molecule has 2 unspecified atom stereocenters. The van der Waals surface area contributed by atoms with Crippen LogP contribution in [0.5, 0.6) is 0 Å². The van der Waals surface area contributed by atoms with Gasteiger partial charge in [0.25, 0.3) is 11.8 Å². The minimum absolute atomic E-state index is 0.0669. The Hall–Kier alpha value is -5.89. The van der Waals surface area contributed by atoms with E-state index in [2.05, 4.69) is 59.6 Å². The molecule has 0 spiro atoms. The smallest absolute Gasteiger partial charge is 0.262 e. The molecule has 0 bridgehead atoms. The van der Waals surface area contributed by atoms with E-state index in [1.165, 1.54) is 5.69 Å². The van der Waals surface area contributed by atoms with Gasteiger partial charge in [0.1, 0.15) is 6.04 Å². The van der Waals surface area contributed by atoms with Crippen LogP contribution in [-0.2, 0) is 14.4 Å². The lowest BCUT2D eigenvalue weighted by Gasteiger charge is -2.38. The van der Waals surface area contributed by atoms with Crippen molar-refractivity contribution in [2.45, 2.75) is 70.0 Å². The van der Waals surface area contributed by atoms with Crippen LogP contribution in [0.3, 0.4) is 0 Å². The Labute approximate surface area is 337 Å². The summed E-state index contributed by atoms with van der Waals surface area (Å²) >= 11 is 0. The lowest BCUT2D eigenvalue weighted by molar-refractivity contribution is -0.136. The third-order valence-electron chi connectivity index (χ3n) is 12.7. The number of nitrogens with zero attached hydrogens (tertiary/aromatic N) is 7. The van der Waals surface area contributed by atoms with E-state index in [1.807, 2.05) is 41.4 Å². The molecule has 300 valence electrons. The van der Waals surface area contributed by atoms with Crippen LogP contribution in [0.4, 0.5) is 23.0 Å². The summed E-state index contributed by atoms with van der Waals surface area (Å²) in [6.07, 6.45) is 6.84. The molecular formula is C44H49N9O5. The molecule has 9 rings (SSSR count). The fourth-order valence-corrected chi connectivity index (χ4v) is 9.60. The Morgan fingerprint density at radius 1 is 0.810 bits per heavy atom. The van der Waals surface area contributed by atoms with Gasteiger partial charge in [-0.05, 0) is 93.0 Å². The zero-order valence-electron chi connectivity index (χ0n) is 32.8. The van der Waals surface area contributed by atoms with Crippen LogP contribution in [0.25, 0.3) is 10.9 Å². The number of anilines is 4. The quantitative estimate of drug-likeness (QED) is 0.232. The van der Waals surface area contributed by atoms with E-state index in [4.69, 9.17) is 0 Å². The second kappa shape index (κ2) is 15.8. The van der Waals surface area contributed by atoms with Crippen molar-refractivity contribution in [1.82, 2.24) is 25.1 Å². The van der Waals surface area contributed by atoms with Gasteiger partial charge in [0.2, 0.25) is 23.7 Å². The number of nitrogens with one attached hydrogen (secondary N) is 2. The van der Waals surface area contributed by atoms with Gasteiger partial charge < -0.3 is 20.0 Å². The highest BCUT2D eigenvalue weighted by Gasteiger charge is 2.45. The minimum atomic E-state index is -0.968. The summed E-state index contributed by atoms with van der Waals surface area (Å²) < 4.78 is 0. The molecule has 2 atom stereocenters. The summed E-state index contributed by atoms with van der Waals surface area (Å²) in [4.78, 5) is 83.1. The Morgan fingerprint density at radius 3 is 2.31 bits per heavy atom. The second-order valence-electron chi connectivity index (χ2n) is 16.4. The molecule has 4 fully saturated rings. The maximum absolute atomic E-state index is 13.4. The SMILES string of the molecule is CC(=O)N(c1ccc(N2CCN(CC3CCN(c4ccc5c(c4)C(=O)N(C4CCC(=O)NC4=O)C5=O)C3)CC2)cc1)C1CCC(Nc2ncc3ccccc3n2)CC1. The molecule has 3 aromatic carbocycles. The van der Waals surface area contributed by atoms with Crippen LogP contribution in [-0.4, -0.2) is 113 Å². The number of piperazine rings is 1. The number of rotatable bonds is 9. The van der Waals surface area contributed by atoms with Crippen LogP contribution in [0.1, 0.15) is 72.6 Å². The van der Waals surface area contributed by atoms with Crippen molar-refractivity contribution in [2.24, 2.45) is 5.92 Å². The largest absolute Gasteiger partial charge is 0.371 e. The normalized spacial score (nSPS) is 24.0. The van der Waals surface area contributed by atoms with Gasteiger partial charge in [-0.2, -0.15) is 0 Å². The first-order chi connectivity index (χ1) is 28.2. The van der Waals surface area contributed by atoms with Crippen LogP contribution in [0, 0.1) is 5.92 Å². The van der Waals surface area contributed by atoms with Gasteiger partial charge in [0, 0.05) is 99.9 Å². The predicted octanol–water partition coefficient (Wildman–Crippen LogP) is 4.46. The van der Waals surface area contributed by atoms with E-state index in [0.717, 1.165) is 105 Å². The van der Waals surface area contributed by atoms with Crippen molar-refractivity contribution in [3.8, 4) is 0 Å². The van der Waals surface area contributed by atoms with Crippen molar-refractivity contribution >= 4 is 63.4 Å². The fraction of sp³-hybridized carbons (Fsp3) is 0.432. The van der Waals surface area contributed by atoms with Gasteiger partial charge in [-0.3, -0.25) is 39.1 Å². The fourth-order valence-electron chi connectivity index (χ4n) is 9.60.